The van der Waals surface area contributed by atoms with Gasteiger partial charge in [-0.1, -0.05) is 48.5 Å². The Morgan fingerprint density at radius 3 is 2.36 bits per heavy atom. The van der Waals surface area contributed by atoms with Crippen LogP contribution in [0.5, 0.6) is 0 Å². The van der Waals surface area contributed by atoms with Crippen molar-refractivity contribution >= 4 is 42.7 Å². The summed E-state index contributed by atoms with van der Waals surface area (Å²) in [5, 5.41) is 2.99. The Morgan fingerprint density at radius 1 is 0.760 bits per heavy atom. The van der Waals surface area contributed by atoms with Gasteiger partial charge in [-0.05, 0) is 24.3 Å². The quantitative estimate of drug-likeness (QED) is 0.511. The lowest BCUT2D eigenvalue weighted by atomic mass is 10.1. The summed E-state index contributed by atoms with van der Waals surface area (Å²) >= 11 is 0. The van der Waals surface area contributed by atoms with Crippen LogP contribution in [-0.4, -0.2) is 17.4 Å². The van der Waals surface area contributed by atoms with Gasteiger partial charge in [-0.2, -0.15) is 0 Å². The zero-order valence-electron chi connectivity index (χ0n) is 13.2. The lowest BCUT2D eigenvalue weighted by Gasteiger charge is -2.08. The van der Waals surface area contributed by atoms with Crippen molar-refractivity contribution in [2.24, 2.45) is 0 Å². The Balaban J connectivity index is 1.92. The molecule has 0 saturated heterocycles. The molecule has 0 spiro atoms. The van der Waals surface area contributed by atoms with Gasteiger partial charge >= 0.3 is 0 Å². The molecule has 5 heteroatoms. The van der Waals surface area contributed by atoms with Gasteiger partial charge in [0.1, 0.15) is 0 Å². The number of nitrogens with one attached hydrogen (secondary N) is 1. The highest BCUT2D eigenvalue weighted by Crippen LogP contribution is 2.33. The largest absolute Gasteiger partial charge is 0.353 e. The summed E-state index contributed by atoms with van der Waals surface area (Å²) < 4.78 is 27.6. The van der Waals surface area contributed by atoms with Crippen LogP contribution in [-0.2, 0) is 10.0 Å². The molecule has 3 aromatic carbocycles. The third-order valence-electron chi connectivity index (χ3n) is 4.60. The van der Waals surface area contributed by atoms with Gasteiger partial charge in [0.25, 0.3) is 10.0 Å². The Labute approximate surface area is 144 Å². The third kappa shape index (κ3) is 1.96. The van der Waals surface area contributed by atoms with E-state index in [0.717, 1.165) is 27.2 Å². The Morgan fingerprint density at radius 2 is 1.52 bits per heavy atom. The molecule has 0 radical (unpaired) electrons. The minimum absolute atomic E-state index is 0.278. The minimum atomic E-state index is -3.65. The molecule has 2 aromatic heterocycles. The second-order valence-electron chi connectivity index (χ2n) is 6.03. The monoisotopic (exact) mass is 346 g/mol. The van der Waals surface area contributed by atoms with E-state index in [0.29, 0.717) is 5.52 Å². The molecule has 2 heterocycles. The number of hydrogen-bond donors (Lipinski definition) is 1. The molecule has 122 valence electrons. The Kier molecular flexibility index (Phi) is 2.85. The van der Waals surface area contributed by atoms with E-state index in [4.69, 9.17) is 0 Å². The van der Waals surface area contributed by atoms with Gasteiger partial charge in [-0.15, -0.1) is 0 Å². The van der Waals surface area contributed by atoms with Crippen molar-refractivity contribution in [3.8, 4) is 0 Å². The standard InChI is InChI=1S/C20H14N2O2S/c23-25(24,15-6-2-1-3-7-15)22-13-12-14-10-11-17-16-8-4-5-9-18(16)21-19(17)20(14)22/h1-13,21H. The van der Waals surface area contributed by atoms with Gasteiger partial charge in [0, 0.05) is 27.9 Å². The second kappa shape index (κ2) is 4.97. The van der Waals surface area contributed by atoms with Gasteiger partial charge < -0.3 is 4.98 Å². The number of nitrogens with zero attached hydrogens (tertiary/aromatic N) is 1. The van der Waals surface area contributed by atoms with Crippen LogP contribution in [0.4, 0.5) is 0 Å². The van der Waals surface area contributed by atoms with E-state index in [1.165, 1.54) is 3.97 Å². The summed E-state index contributed by atoms with van der Waals surface area (Å²) in [6.07, 6.45) is 1.62. The van der Waals surface area contributed by atoms with E-state index < -0.39 is 10.0 Å². The van der Waals surface area contributed by atoms with E-state index in [-0.39, 0.29) is 4.90 Å². The van der Waals surface area contributed by atoms with E-state index in [9.17, 15) is 8.42 Å². The van der Waals surface area contributed by atoms with E-state index >= 15 is 0 Å². The maximum absolute atomic E-state index is 13.1. The van der Waals surface area contributed by atoms with Gasteiger partial charge in [0.2, 0.25) is 0 Å². The summed E-state index contributed by atoms with van der Waals surface area (Å²) in [6.45, 7) is 0. The first-order valence-corrected chi connectivity index (χ1v) is 9.41. The first kappa shape index (κ1) is 14.3. The molecule has 25 heavy (non-hydrogen) atoms. The smallest absolute Gasteiger partial charge is 0.268 e. The highest BCUT2D eigenvalue weighted by Gasteiger charge is 2.20. The lowest BCUT2D eigenvalue weighted by Crippen LogP contribution is -2.11. The van der Waals surface area contributed by atoms with Crippen molar-refractivity contribution < 1.29 is 8.42 Å². The molecule has 0 amide bonds. The fourth-order valence-electron chi connectivity index (χ4n) is 3.42. The van der Waals surface area contributed by atoms with Crippen molar-refractivity contribution in [1.29, 1.82) is 0 Å². The molecular formula is C20H14N2O2S. The van der Waals surface area contributed by atoms with Crippen LogP contribution in [0.15, 0.2) is 83.9 Å². The molecule has 0 bridgehead atoms. The molecule has 0 aliphatic rings. The van der Waals surface area contributed by atoms with Crippen molar-refractivity contribution in [2.75, 3.05) is 0 Å². The maximum Gasteiger partial charge on any atom is 0.268 e. The third-order valence-corrected chi connectivity index (χ3v) is 6.29. The first-order valence-electron chi connectivity index (χ1n) is 7.97. The molecule has 0 fully saturated rings. The average molecular weight is 346 g/mol. The molecule has 0 aliphatic carbocycles. The summed E-state index contributed by atoms with van der Waals surface area (Å²) in [7, 11) is -3.65. The van der Waals surface area contributed by atoms with Crippen LogP contribution in [0.1, 0.15) is 0 Å². The number of benzene rings is 3. The van der Waals surface area contributed by atoms with Gasteiger partial charge in [-0.25, -0.2) is 12.4 Å². The van der Waals surface area contributed by atoms with Crippen LogP contribution >= 0.6 is 0 Å². The van der Waals surface area contributed by atoms with Crippen molar-refractivity contribution in [3.63, 3.8) is 0 Å². The summed E-state index contributed by atoms with van der Waals surface area (Å²) in [6, 6.07) is 22.3. The molecule has 5 aromatic rings. The molecule has 0 aliphatic heterocycles. The normalized spacial score (nSPS) is 12.3. The SMILES string of the molecule is O=S(=O)(c1ccccc1)n1ccc2ccc3c4ccccc4[nH]c3c21. The van der Waals surface area contributed by atoms with Crippen LogP contribution < -0.4 is 0 Å². The zero-order valence-corrected chi connectivity index (χ0v) is 14.0. The number of hydrogen-bond acceptors (Lipinski definition) is 2. The first-order chi connectivity index (χ1) is 12.2. The molecule has 4 nitrogen and oxygen atoms in total. The van der Waals surface area contributed by atoms with Gasteiger partial charge in [0.15, 0.2) is 0 Å². The van der Waals surface area contributed by atoms with E-state index in [1.807, 2.05) is 48.5 Å². The molecule has 0 atom stereocenters. The summed E-state index contributed by atoms with van der Waals surface area (Å²) in [5.41, 5.74) is 2.51. The zero-order chi connectivity index (χ0) is 17.0. The number of fused-ring (bicyclic) bond motifs is 5. The predicted molar refractivity (Wildman–Crippen MR) is 100 cm³/mol. The number of aromatic amines is 1. The second-order valence-corrected chi connectivity index (χ2v) is 7.84. The summed E-state index contributed by atoms with van der Waals surface area (Å²) in [5.74, 6) is 0. The average Bonchev–Trinajstić information content (AvgIpc) is 3.24. The molecule has 0 unspecified atom stereocenters. The number of aromatic nitrogens is 2. The number of rotatable bonds is 2. The molecule has 1 N–H and O–H groups in total. The predicted octanol–water partition coefficient (Wildman–Crippen LogP) is 4.51. The van der Waals surface area contributed by atoms with Crippen LogP contribution in [0.3, 0.4) is 0 Å². The van der Waals surface area contributed by atoms with Crippen LogP contribution in [0, 0.1) is 0 Å². The topological polar surface area (TPSA) is 54.9 Å². The number of para-hydroxylation sites is 1. The van der Waals surface area contributed by atoms with Crippen molar-refractivity contribution in [3.05, 3.63) is 79.0 Å². The molecule has 5 rings (SSSR count). The van der Waals surface area contributed by atoms with E-state index in [1.54, 1.807) is 30.5 Å². The maximum atomic E-state index is 13.1. The van der Waals surface area contributed by atoms with Crippen LogP contribution in [0.2, 0.25) is 0 Å². The van der Waals surface area contributed by atoms with Crippen LogP contribution in [0.25, 0.3) is 32.7 Å². The summed E-state index contributed by atoms with van der Waals surface area (Å²) in [4.78, 5) is 3.66. The number of H-pyrrole nitrogens is 1. The van der Waals surface area contributed by atoms with Gasteiger partial charge in [0.05, 0.1) is 15.9 Å². The Bertz CT molecular complexity index is 1350. The highest BCUT2D eigenvalue weighted by molar-refractivity contribution is 7.90. The Hall–Kier alpha value is -3.05. The fourth-order valence-corrected chi connectivity index (χ4v) is 4.81. The molecular weight excluding hydrogens is 332 g/mol. The minimum Gasteiger partial charge on any atom is -0.353 e. The van der Waals surface area contributed by atoms with E-state index in [2.05, 4.69) is 4.98 Å². The van der Waals surface area contributed by atoms with Gasteiger partial charge in [-0.3, -0.25) is 0 Å². The highest BCUT2D eigenvalue weighted by atomic mass is 32.2. The molecule has 0 saturated carbocycles. The fraction of sp³-hybridized carbons (Fsp3) is 0. The van der Waals surface area contributed by atoms with Crippen molar-refractivity contribution in [2.45, 2.75) is 4.90 Å². The van der Waals surface area contributed by atoms with Crippen molar-refractivity contribution in [1.82, 2.24) is 8.96 Å². The lowest BCUT2D eigenvalue weighted by molar-refractivity contribution is 0.589.